The Bertz CT molecular complexity index is 1220. The number of benzene rings is 3. The van der Waals surface area contributed by atoms with E-state index in [4.69, 9.17) is 0 Å². The summed E-state index contributed by atoms with van der Waals surface area (Å²) in [6, 6.07) is 21.7. The fourth-order valence-electron chi connectivity index (χ4n) is 4.23. The van der Waals surface area contributed by atoms with E-state index >= 15 is 0 Å². The molecule has 0 atom stereocenters. The molecule has 0 aromatic heterocycles. The van der Waals surface area contributed by atoms with Crippen LogP contribution in [-0.2, 0) is 4.79 Å². The minimum Gasteiger partial charge on any atom is -0.376 e. The molecule has 0 bridgehead atoms. The van der Waals surface area contributed by atoms with E-state index in [-0.39, 0.29) is 24.3 Å². The van der Waals surface area contributed by atoms with E-state index in [1.165, 1.54) is 0 Å². The van der Waals surface area contributed by atoms with Gasteiger partial charge in [0.1, 0.15) is 0 Å². The number of nitrogens with one attached hydrogen (secondary N) is 3. The molecule has 1 aliphatic heterocycles. The van der Waals surface area contributed by atoms with Crippen molar-refractivity contribution >= 4 is 34.8 Å². The summed E-state index contributed by atoms with van der Waals surface area (Å²) in [5.41, 5.74) is 4.23. The number of hydrogen-bond acceptors (Lipinski definition) is 4. The lowest BCUT2D eigenvalue weighted by Gasteiger charge is -2.20. The number of carbonyl (C=O) groups is 3. The zero-order chi connectivity index (χ0) is 25.3. The van der Waals surface area contributed by atoms with Crippen LogP contribution >= 0.6 is 0 Å². The number of anilines is 3. The van der Waals surface area contributed by atoms with Gasteiger partial charge in [-0.25, -0.2) is 0 Å². The fraction of sp³-hybridized carbons (Fsp3) is 0.276. The van der Waals surface area contributed by atoms with Crippen LogP contribution in [0.4, 0.5) is 17.1 Å². The second-order valence-electron chi connectivity index (χ2n) is 9.09. The first kappa shape index (κ1) is 25.0. The number of nitrogens with zero attached hydrogens (tertiary/aromatic N) is 1. The highest BCUT2D eigenvalue weighted by Gasteiger charge is 2.17. The van der Waals surface area contributed by atoms with E-state index in [1.807, 2.05) is 30.0 Å². The Balaban J connectivity index is 1.27. The van der Waals surface area contributed by atoms with Crippen molar-refractivity contribution in [2.75, 3.05) is 35.6 Å². The van der Waals surface area contributed by atoms with Gasteiger partial charge in [-0.15, -0.1) is 0 Å². The van der Waals surface area contributed by atoms with Gasteiger partial charge in [-0.2, -0.15) is 0 Å². The molecule has 3 amide bonds. The molecule has 3 aromatic carbocycles. The summed E-state index contributed by atoms with van der Waals surface area (Å²) in [7, 11) is 0. The quantitative estimate of drug-likeness (QED) is 0.424. The van der Waals surface area contributed by atoms with Gasteiger partial charge >= 0.3 is 0 Å². The minimum absolute atomic E-state index is 0.0145. The van der Waals surface area contributed by atoms with Crippen molar-refractivity contribution in [3.05, 3.63) is 89.5 Å². The molecule has 36 heavy (non-hydrogen) atoms. The Labute approximate surface area is 211 Å². The van der Waals surface area contributed by atoms with Crippen molar-refractivity contribution in [2.24, 2.45) is 0 Å². The van der Waals surface area contributed by atoms with E-state index in [0.717, 1.165) is 50.0 Å². The van der Waals surface area contributed by atoms with E-state index < -0.39 is 0 Å². The Morgan fingerprint density at radius 2 is 1.39 bits per heavy atom. The van der Waals surface area contributed by atoms with Gasteiger partial charge in [-0.05, 0) is 74.4 Å². The molecule has 4 rings (SSSR count). The van der Waals surface area contributed by atoms with Crippen LogP contribution in [0.15, 0.2) is 72.8 Å². The summed E-state index contributed by atoms with van der Waals surface area (Å²) in [5, 5.41) is 8.81. The summed E-state index contributed by atoms with van der Waals surface area (Å²) >= 11 is 0. The molecule has 1 heterocycles. The van der Waals surface area contributed by atoms with Gasteiger partial charge in [0.25, 0.3) is 11.8 Å². The first-order valence-electron chi connectivity index (χ1n) is 12.4. The first-order chi connectivity index (χ1) is 17.5. The monoisotopic (exact) mass is 484 g/mol. The maximum atomic E-state index is 12.9. The van der Waals surface area contributed by atoms with E-state index in [0.29, 0.717) is 22.5 Å². The number of carbonyl (C=O) groups excluding carboxylic acids is 3. The highest BCUT2D eigenvalue weighted by Crippen LogP contribution is 2.18. The van der Waals surface area contributed by atoms with E-state index in [9.17, 15) is 14.4 Å². The Kier molecular flexibility index (Phi) is 8.34. The number of rotatable bonds is 7. The van der Waals surface area contributed by atoms with Crippen molar-refractivity contribution < 1.29 is 14.4 Å². The van der Waals surface area contributed by atoms with Crippen molar-refractivity contribution in [3.63, 3.8) is 0 Å². The molecule has 0 aliphatic carbocycles. The maximum absolute atomic E-state index is 12.9. The number of hydrogen-bond donors (Lipinski definition) is 3. The normalized spacial score (nSPS) is 13.4. The molecular formula is C29H32N4O3. The van der Waals surface area contributed by atoms with Gasteiger partial charge < -0.3 is 20.9 Å². The van der Waals surface area contributed by atoms with Crippen LogP contribution in [0.3, 0.4) is 0 Å². The summed E-state index contributed by atoms with van der Waals surface area (Å²) in [6.07, 6.45) is 4.40. The molecule has 0 unspecified atom stereocenters. The van der Waals surface area contributed by atoms with E-state index in [2.05, 4.69) is 16.0 Å². The van der Waals surface area contributed by atoms with Crippen LogP contribution in [0.25, 0.3) is 0 Å². The highest BCUT2D eigenvalue weighted by molar-refractivity contribution is 6.04. The van der Waals surface area contributed by atoms with Gasteiger partial charge in [0.15, 0.2) is 0 Å². The average molecular weight is 485 g/mol. The van der Waals surface area contributed by atoms with Crippen LogP contribution in [0.5, 0.6) is 0 Å². The predicted molar refractivity (Wildman–Crippen MR) is 144 cm³/mol. The summed E-state index contributed by atoms with van der Waals surface area (Å²) in [6.45, 7) is 3.58. The Morgan fingerprint density at radius 3 is 2.11 bits per heavy atom. The van der Waals surface area contributed by atoms with Crippen molar-refractivity contribution in [2.45, 2.75) is 32.6 Å². The van der Waals surface area contributed by atoms with Gasteiger partial charge in [0, 0.05) is 41.3 Å². The van der Waals surface area contributed by atoms with Gasteiger partial charge in [0.2, 0.25) is 5.91 Å². The van der Waals surface area contributed by atoms with Gasteiger partial charge in [-0.3, -0.25) is 14.4 Å². The predicted octanol–water partition coefficient (Wildman–Crippen LogP) is 5.31. The largest absolute Gasteiger partial charge is 0.376 e. The third-order valence-corrected chi connectivity index (χ3v) is 6.16. The number of aryl methyl sites for hydroxylation is 1. The standard InChI is InChI=1S/C29H32N4O3/c1-21-8-6-9-22(18-21)28(35)32-25-14-12-24(13-15-25)30-20-27(34)31-26-11-7-10-23(19-26)29(36)33-16-4-2-3-5-17-33/h6-15,18-19,30H,2-5,16-17,20H2,1H3,(H,31,34)(H,32,35). The van der Waals surface area contributed by atoms with Crippen LogP contribution in [0.2, 0.25) is 0 Å². The average Bonchev–Trinajstić information content (AvgIpc) is 3.18. The molecule has 1 saturated heterocycles. The molecule has 1 fully saturated rings. The second-order valence-corrected chi connectivity index (χ2v) is 9.09. The molecule has 0 radical (unpaired) electrons. The van der Waals surface area contributed by atoms with Gasteiger partial charge in [-0.1, -0.05) is 36.6 Å². The second kappa shape index (κ2) is 12.0. The molecule has 3 aromatic rings. The Morgan fingerprint density at radius 1 is 0.722 bits per heavy atom. The molecule has 7 heteroatoms. The van der Waals surface area contributed by atoms with Crippen LogP contribution in [0, 0.1) is 6.92 Å². The van der Waals surface area contributed by atoms with E-state index in [1.54, 1.807) is 54.6 Å². The van der Waals surface area contributed by atoms with Crippen molar-refractivity contribution in [1.82, 2.24) is 4.90 Å². The zero-order valence-electron chi connectivity index (χ0n) is 20.5. The maximum Gasteiger partial charge on any atom is 0.255 e. The first-order valence-corrected chi connectivity index (χ1v) is 12.4. The highest BCUT2D eigenvalue weighted by atomic mass is 16.2. The summed E-state index contributed by atoms with van der Waals surface area (Å²) < 4.78 is 0. The van der Waals surface area contributed by atoms with Gasteiger partial charge in [0.05, 0.1) is 6.54 Å². The third kappa shape index (κ3) is 6.95. The Hall–Kier alpha value is -4.13. The molecule has 186 valence electrons. The lowest BCUT2D eigenvalue weighted by Crippen LogP contribution is -2.31. The minimum atomic E-state index is -0.216. The SMILES string of the molecule is Cc1cccc(C(=O)Nc2ccc(NCC(=O)Nc3cccc(C(=O)N4CCCCCC4)c3)cc2)c1. The third-order valence-electron chi connectivity index (χ3n) is 6.16. The fourth-order valence-corrected chi connectivity index (χ4v) is 4.23. The van der Waals surface area contributed by atoms with Crippen LogP contribution in [-0.4, -0.2) is 42.3 Å². The molecule has 3 N–H and O–H groups in total. The lowest BCUT2D eigenvalue weighted by atomic mass is 10.1. The molecular weight excluding hydrogens is 452 g/mol. The molecule has 1 aliphatic rings. The summed E-state index contributed by atoms with van der Waals surface area (Å²) in [5.74, 6) is -0.373. The van der Waals surface area contributed by atoms with Crippen LogP contribution < -0.4 is 16.0 Å². The smallest absolute Gasteiger partial charge is 0.255 e. The lowest BCUT2D eigenvalue weighted by molar-refractivity contribution is -0.114. The zero-order valence-corrected chi connectivity index (χ0v) is 20.5. The van der Waals surface area contributed by atoms with Crippen molar-refractivity contribution in [1.29, 1.82) is 0 Å². The van der Waals surface area contributed by atoms with Crippen LogP contribution in [0.1, 0.15) is 52.0 Å². The number of likely N-dealkylation sites (tertiary alicyclic amines) is 1. The molecule has 0 saturated carbocycles. The molecule has 0 spiro atoms. The topological polar surface area (TPSA) is 90.5 Å². The number of amides is 3. The molecule has 7 nitrogen and oxygen atoms in total. The summed E-state index contributed by atoms with van der Waals surface area (Å²) in [4.78, 5) is 39.7. The van der Waals surface area contributed by atoms with Crippen molar-refractivity contribution in [3.8, 4) is 0 Å².